The van der Waals surface area contributed by atoms with E-state index in [1.54, 1.807) is 7.11 Å². The topological polar surface area (TPSA) is 29.5 Å². The molecule has 0 radical (unpaired) electrons. The Labute approximate surface area is 91.9 Å². The molecule has 0 bridgehead atoms. The van der Waals surface area contributed by atoms with Crippen molar-refractivity contribution in [3.05, 3.63) is 35.4 Å². The lowest BCUT2D eigenvalue weighted by molar-refractivity contribution is -0.0700. The highest BCUT2D eigenvalue weighted by Gasteiger charge is 2.33. The van der Waals surface area contributed by atoms with Gasteiger partial charge in [0.1, 0.15) is 5.60 Å². The zero-order chi connectivity index (χ0) is 11.5. The molecule has 0 fully saturated rings. The van der Waals surface area contributed by atoms with Gasteiger partial charge in [0.15, 0.2) is 0 Å². The summed E-state index contributed by atoms with van der Waals surface area (Å²) in [5.74, 6) is 0.124. The first kappa shape index (κ1) is 12.2. The van der Waals surface area contributed by atoms with Crippen LogP contribution in [-0.4, -0.2) is 18.8 Å². The largest absolute Gasteiger partial charge is 0.382 e. The van der Waals surface area contributed by atoms with Crippen LogP contribution in [-0.2, 0) is 10.3 Å². The third-order valence-corrected chi connectivity index (χ3v) is 2.84. The number of benzene rings is 1. The summed E-state index contributed by atoms with van der Waals surface area (Å²) in [5, 5.41) is 10.6. The molecule has 2 nitrogen and oxygen atoms in total. The van der Waals surface area contributed by atoms with Gasteiger partial charge in [-0.25, -0.2) is 0 Å². The lowest BCUT2D eigenvalue weighted by Crippen LogP contribution is -2.36. The summed E-state index contributed by atoms with van der Waals surface area (Å²) >= 11 is 0. The van der Waals surface area contributed by atoms with Gasteiger partial charge in [0.2, 0.25) is 0 Å². The van der Waals surface area contributed by atoms with E-state index in [0.717, 1.165) is 11.1 Å². The quantitative estimate of drug-likeness (QED) is 0.823. The summed E-state index contributed by atoms with van der Waals surface area (Å²) < 4.78 is 5.11. The van der Waals surface area contributed by atoms with Gasteiger partial charge in [0.05, 0.1) is 6.61 Å². The molecule has 0 aliphatic heterocycles. The fourth-order valence-electron chi connectivity index (χ4n) is 1.72. The molecule has 0 amide bonds. The van der Waals surface area contributed by atoms with Crippen LogP contribution in [0.4, 0.5) is 0 Å². The van der Waals surface area contributed by atoms with Gasteiger partial charge in [-0.3, -0.25) is 0 Å². The predicted molar refractivity (Wildman–Crippen MR) is 61.8 cm³/mol. The zero-order valence-electron chi connectivity index (χ0n) is 9.95. The molecule has 0 spiro atoms. The number of aryl methyl sites for hydroxylation is 1. The number of ether oxygens (including phenoxy) is 1. The van der Waals surface area contributed by atoms with Crippen LogP contribution in [0.1, 0.15) is 25.0 Å². The van der Waals surface area contributed by atoms with Gasteiger partial charge in [-0.1, -0.05) is 43.7 Å². The molecule has 15 heavy (non-hydrogen) atoms. The highest BCUT2D eigenvalue weighted by molar-refractivity contribution is 5.28. The number of rotatable bonds is 4. The fraction of sp³-hybridized carbons (Fsp3) is 0.538. The fourth-order valence-corrected chi connectivity index (χ4v) is 1.72. The lowest BCUT2D eigenvalue weighted by atomic mass is 9.83. The van der Waals surface area contributed by atoms with Gasteiger partial charge in [-0.15, -0.1) is 0 Å². The second kappa shape index (κ2) is 4.77. The van der Waals surface area contributed by atoms with Crippen LogP contribution < -0.4 is 0 Å². The molecule has 0 saturated heterocycles. The summed E-state index contributed by atoms with van der Waals surface area (Å²) in [4.78, 5) is 0. The van der Waals surface area contributed by atoms with Gasteiger partial charge in [-0.2, -0.15) is 0 Å². The molecule has 84 valence electrons. The molecule has 1 aromatic carbocycles. The van der Waals surface area contributed by atoms with Crippen LogP contribution in [0.2, 0.25) is 0 Å². The summed E-state index contributed by atoms with van der Waals surface area (Å²) in [7, 11) is 1.61. The number of methoxy groups -OCH3 is 1. The van der Waals surface area contributed by atoms with Crippen LogP contribution in [0.25, 0.3) is 0 Å². The molecule has 1 atom stereocenters. The monoisotopic (exact) mass is 208 g/mol. The van der Waals surface area contributed by atoms with E-state index in [2.05, 4.69) is 0 Å². The Morgan fingerprint density at radius 3 is 2.53 bits per heavy atom. The predicted octanol–water partition coefficient (Wildman–Crippen LogP) is 2.49. The van der Waals surface area contributed by atoms with Gasteiger partial charge in [-0.05, 0) is 18.4 Å². The molecule has 0 aliphatic rings. The van der Waals surface area contributed by atoms with Crippen molar-refractivity contribution in [3.63, 3.8) is 0 Å². The number of hydrogen-bond acceptors (Lipinski definition) is 2. The minimum absolute atomic E-state index is 0.124. The normalized spacial score (nSPS) is 15.3. The molecular formula is C13H20O2. The SMILES string of the molecule is COCC(O)(c1cccc(C)c1)C(C)C. The van der Waals surface area contributed by atoms with Crippen LogP contribution >= 0.6 is 0 Å². The summed E-state index contributed by atoms with van der Waals surface area (Å²) in [6.45, 7) is 6.36. The van der Waals surface area contributed by atoms with E-state index in [1.807, 2.05) is 45.0 Å². The minimum Gasteiger partial charge on any atom is -0.382 e. The summed E-state index contributed by atoms with van der Waals surface area (Å²) in [6.07, 6.45) is 0. The second-order valence-electron chi connectivity index (χ2n) is 4.38. The Balaban J connectivity index is 3.09. The van der Waals surface area contributed by atoms with Crippen molar-refractivity contribution < 1.29 is 9.84 Å². The van der Waals surface area contributed by atoms with Crippen molar-refractivity contribution in [2.24, 2.45) is 5.92 Å². The van der Waals surface area contributed by atoms with Crippen LogP contribution in [0.3, 0.4) is 0 Å². The van der Waals surface area contributed by atoms with Crippen LogP contribution in [0.5, 0.6) is 0 Å². The molecule has 0 aliphatic carbocycles. The molecule has 0 heterocycles. The summed E-state index contributed by atoms with van der Waals surface area (Å²) in [6, 6.07) is 7.95. The summed E-state index contributed by atoms with van der Waals surface area (Å²) in [5.41, 5.74) is 1.20. The molecule has 1 rings (SSSR count). The molecule has 0 saturated carbocycles. The van der Waals surface area contributed by atoms with Gasteiger partial charge in [0, 0.05) is 7.11 Å². The Morgan fingerprint density at radius 1 is 1.40 bits per heavy atom. The maximum absolute atomic E-state index is 10.6. The van der Waals surface area contributed by atoms with E-state index in [1.165, 1.54) is 0 Å². The molecular weight excluding hydrogens is 188 g/mol. The van der Waals surface area contributed by atoms with E-state index in [9.17, 15) is 5.11 Å². The Kier molecular flexibility index (Phi) is 3.89. The van der Waals surface area contributed by atoms with Gasteiger partial charge in [0.25, 0.3) is 0 Å². The average molecular weight is 208 g/mol. The highest BCUT2D eigenvalue weighted by atomic mass is 16.5. The van der Waals surface area contributed by atoms with E-state index in [4.69, 9.17) is 4.74 Å². The van der Waals surface area contributed by atoms with E-state index in [-0.39, 0.29) is 5.92 Å². The second-order valence-corrected chi connectivity index (χ2v) is 4.38. The third-order valence-electron chi connectivity index (χ3n) is 2.84. The van der Waals surface area contributed by atoms with Crippen molar-refractivity contribution in [2.45, 2.75) is 26.4 Å². The van der Waals surface area contributed by atoms with Crippen molar-refractivity contribution in [2.75, 3.05) is 13.7 Å². The van der Waals surface area contributed by atoms with E-state index in [0.29, 0.717) is 6.61 Å². The van der Waals surface area contributed by atoms with Crippen molar-refractivity contribution in [1.82, 2.24) is 0 Å². The minimum atomic E-state index is -0.888. The number of hydrogen-bond donors (Lipinski definition) is 1. The molecule has 1 unspecified atom stereocenters. The van der Waals surface area contributed by atoms with Gasteiger partial charge < -0.3 is 9.84 Å². The van der Waals surface area contributed by atoms with Crippen LogP contribution in [0.15, 0.2) is 24.3 Å². The maximum atomic E-state index is 10.6. The molecule has 0 aromatic heterocycles. The Bertz CT molecular complexity index is 320. The Hall–Kier alpha value is -0.860. The van der Waals surface area contributed by atoms with Crippen molar-refractivity contribution in [1.29, 1.82) is 0 Å². The average Bonchev–Trinajstić information content (AvgIpc) is 2.17. The maximum Gasteiger partial charge on any atom is 0.115 e. The molecule has 1 aromatic rings. The van der Waals surface area contributed by atoms with Crippen molar-refractivity contribution in [3.8, 4) is 0 Å². The highest BCUT2D eigenvalue weighted by Crippen LogP contribution is 2.30. The first-order chi connectivity index (χ1) is 7.00. The van der Waals surface area contributed by atoms with E-state index >= 15 is 0 Å². The van der Waals surface area contributed by atoms with Crippen molar-refractivity contribution >= 4 is 0 Å². The van der Waals surface area contributed by atoms with E-state index < -0.39 is 5.60 Å². The van der Waals surface area contributed by atoms with Gasteiger partial charge >= 0.3 is 0 Å². The third kappa shape index (κ3) is 2.58. The molecule has 2 heteroatoms. The lowest BCUT2D eigenvalue weighted by Gasteiger charge is -2.32. The smallest absolute Gasteiger partial charge is 0.115 e. The standard InChI is InChI=1S/C13H20O2/c1-10(2)13(14,9-15-4)12-7-5-6-11(3)8-12/h5-8,10,14H,9H2,1-4H3. The molecule has 1 N–H and O–H groups in total. The zero-order valence-corrected chi connectivity index (χ0v) is 9.95. The first-order valence-electron chi connectivity index (χ1n) is 5.29. The first-order valence-corrected chi connectivity index (χ1v) is 5.29. The van der Waals surface area contributed by atoms with Crippen LogP contribution in [0, 0.1) is 12.8 Å². The Morgan fingerprint density at radius 2 is 2.07 bits per heavy atom. The number of aliphatic hydroxyl groups is 1.